The van der Waals surface area contributed by atoms with Gasteiger partial charge in [-0.25, -0.2) is 24.3 Å². The molecule has 2 aromatic carbocycles. The number of pyridine rings is 4. The number of methoxy groups -OCH3 is 3. The van der Waals surface area contributed by atoms with Gasteiger partial charge in [-0.15, -0.1) is 26.3 Å². The minimum Gasteiger partial charge on any atom is -0.493 e. The van der Waals surface area contributed by atoms with Crippen LogP contribution in [0.2, 0.25) is 0 Å². The molecule has 0 aliphatic carbocycles. The van der Waals surface area contributed by atoms with Crippen molar-refractivity contribution in [2.24, 2.45) is 11.5 Å². The van der Waals surface area contributed by atoms with E-state index < -0.39 is 117 Å². The number of halogens is 13. The second-order valence-electron chi connectivity index (χ2n) is 14.0. The van der Waals surface area contributed by atoms with Gasteiger partial charge in [0.2, 0.25) is 0 Å². The van der Waals surface area contributed by atoms with Crippen molar-refractivity contribution >= 4 is 35.0 Å². The molecule has 75 heavy (non-hydrogen) atoms. The Labute approximate surface area is 409 Å². The zero-order valence-electron chi connectivity index (χ0n) is 37.4. The number of nitrogens with two attached hydrogens (primary N) is 2. The summed E-state index contributed by atoms with van der Waals surface area (Å²) in [5.74, 6) is -11.7. The Bertz CT molecular complexity index is 3090. The van der Waals surface area contributed by atoms with Gasteiger partial charge in [-0.2, -0.15) is 26.3 Å². The van der Waals surface area contributed by atoms with E-state index in [9.17, 15) is 76.3 Å². The molecule has 6 aromatic rings. The Morgan fingerprint density at radius 2 is 0.880 bits per heavy atom. The van der Waals surface area contributed by atoms with Gasteiger partial charge in [0.15, 0.2) is 57.5 Å². The van der Waals surface area contributed by atoms with E-state index in [0.717, 1.165) is 88.3 Å². The summed E-state index contributed by atoms with van der Waals surface area (Å²) in [5, 5.41) is 4.37. The normalized spacial score (nSPS) is 11.5. The molecule has 4 heterocycles. The molecule has 0 spiro atoms. The predicted molar refractivity (Wildman–Crippen MR) is 226 cm³/mol. The van der Waals surface area contributed by atoms with Crippen LogP contribution in [0.15, 0.2) is 85.5 Å². The fourth-order valence-electron chi connectivity index (χ4n) is 5.84. The molecule has 0 aliphatic rings. The largest absolute Gasteiger partial charge is 0.573 e. The van der Waals surface area contributed by atoms with E-state index in [0.29, 0.717) is 12.4 Å². The summed E-state index contributed by atoms with van der Waals surface area (Å²) in [6.45, 7) is 0. The van der Waals surface area contributed by atoms with E-state index in [1.165, 1.54) is 6.07 Å². The van der Waals surface area contributed by atoms with Gasteiger partial charge in [-0.3, -0.25) is 19.2 Å². The molecule has 6 rings (SSSR count). The maximum atomic E-state index is 14.9. The lowest BCUT2D eigenvalue weighted by atomic mass is 10.1. The van der Waals surface area contributed by atoms with Gasteiger partial charge >= 0.3 is 25.1 Å². The number of alkyl halides is 12. The quantitative estimate of drug-likeness (QED) is 0.0699. The SMILES string of the molecule is COc1cc(OC(F)(F)F)ccc1Oc1cnc(C(F)(F)F)c(F)c1C(=O)Nc1ccc(C(N)=O)nc1.COc1cc(OC(F)(F)F)ccc1Oc1cnc(C(F)(F)F)c(OC)c1C(=O)Nc1ccc(C(N)=O)nc1. The van der Waals surface area contributed by atoms with Gasteiger partial charge in [0.05, 0.1) is 57.5 Å². The number of aromatic nitrogens is 4. The number of benzene rings is 2. The number of nitrogens with zero attached hydrogens (tertiary/aromatic N) is 4. The van der Waals surface area contributed by atoms with Crippen molar-refractivity contribution in [3.63, 3.8) is 0 Å². The second-order valence-corrected chi connectivity index (χ2v) is 14.0. The number of nitrogens with one attached hydrogen (secondary N) is 2. The van der Waals surface area contributed by atoms with Crippen LogP contribution in [0.1, 0.15) is 53.1 Å². The Hall–Kier alpha value is -9.39. The lowest BCUT2D eigenvalue weighted by molar-refractivity contribution is -0.275. The number of ether oxygens (including phenoxy) is 7. The summed E-state index contributed by atoms with van der Waals surface area (Å²) in [7, 11) is 2.98. The molecule has 0 aliphatic heterocycles. The summed E-state index contributed by atoms with van der Waals surface area (Å²) in [6.07, 6.45) is -17.4. The Morgan fingerprint density at radius 1 is 0.480 bits per heavy atom. The van der Waals surface area contributed by atoms with Crippen LogP contribution >= 0.6 is 0 Å². The molecule has 0 unspecified atom stereocenters. The Kier molecular flexibility index (Phi) is 17.0. The molecular formula is C43H29F13N8O11. The average molecular weight is 1080 g/mol. The molecule has 0 atom stereocenters. The van der Waals surface area contributed by atoms with Crippen LogP contribution in [0.4, 0.5) is 68.5 Å². The monoisotopic (exact) mass is 1080 g/mol. The van der Waals surface area contributed by atoms with Crippen LogP contribution < -0.4 is 55.3 Å². The second kappa shape index (κ2) is 22.6. The summed E-state index contributed by atoms with van der Waals surface area (Å²) in [5.41, 5.74) is 4.01. The van der Waals surface area contributed by atoms with Crippen molar-refractivity contribution in [2.45, 2.75) is 25.1 Å². The van der Waals surface area contributed by atoms with Crippen LogP contribution in [0, 0.1) is 5.82 Å². The molecule has 0 saturated carbocycles. The van der Waals surface area contributed by atoms with E-state index in [-0.39, 0.29) is 34.3 Å². The topological polar surface area (TPSA) is 261 Å². The first-order valence-electron chi connectivity index (χ1n) is 19.7. The molecule has 398 valence electrons. The molecule has 0 radical (unpaired) electrons. The van der Waals surface area contributed by atoms with Crippen LogP contribution in [0.25, 0.3) is 0 Å². The fraction of sp³-hybridized carbons (Fsp3) is 0.163. The summed E-state index contributed by atoms with van der Waals surface area (Å²) in [4.78, 5) is 61.8. The highest BCUT2D eigenvalue weighted by Gasteiger charge is 2.41. The number of hydrogen-bond acceptors (Lipinski definition) is 15. The molecular weight excluding hydrogens is 1050 g/mol. The maximum Gasteiger partial charge on any atom is 0.573 e. The number of carbonyl (C=O) groups excluding carboxylic acids is 4. The first kappa shape index (κ1) is 56.5. The number of hydrogen-bond donors (Lipinski definition) is 4. The molecule has 4 aromatic heterocycles. The number of carbonyl (C=O) groups is 4. The minimum atomic E-state index is -5.30. The number of primary amides is 2. The highest BCUT2D eigenvalue weighted by atomic mass is 19.4. The number of anilines is 2. The summed E-state index contributed by atoms with van der Waals surface area (Å²) < 4.78 is 204. The Balaban J connectivity index is 0.000000277. The third kappa shape index (κ3) is 14.8. The first-order valence-corrected chi connectivity index (χ1v) is 19.7. The van der Waals surface area contributed by atoms with E-state index in [1.807, 2.05) is 0 Å². The van der Waals surface area contributed by atoms with E-state index in [1.54, 1.807) is 0 Å². The molecule has 0 saturated heterocycles. The summed E-state index contributed by atoms with van der Waals surface area (Å²) >= 11 is 0. The molecule has 4 amide bonds. The van der Waals surface area contributed by atoms with Gasteiger partial charge < -0.3 is 55.3 Å². The zero-order valence-corrected chi connectivity index (χ0v) is 37.4. The van der Waals surface area contributed by atoms with Gasteiger partial charge in [0, 0.05) is 12.1 Å². The van der Waals surface area contributed by atoms with E-state index >= 15 is 0 Å². The van der Waals surface area contributed by atoms with Crippen LogP contribution in [-0.2, 0) is 12.4 Å². The third-order valence-corrected chi connectivity index (χ3v) is 8.90. The van der Waals surface area contributed by atoms with E-state index in [4.69, 9.17) is 35.2 Å². The Morgan fingerprint density at radius 3 is 1.23 bits per heavy atom. The maximum absolute atomic E-state index is 14.9. The summed E-state index contributed by atoms with van der Waals surface area (Å²) in [6, 6.07) is 9.62. The van der Waals surface area contributed by atoms with Crippen molar-refractivity contribution < 1.29 is 109 Å². The fourth-order valence-corrected chi connectivity index (χ4v) is 5.84. The number of rotatable bonds is 15. The van der Waals surface area contributed by atoms with Crippen LogP contribution in [0.5, 0.6) is 51.7 Å². The van der Waals surface area contributed by atoms with Crippen molar-refractivity contribution in [2.75, 3.05) is 32.0 Å². The number of amides is 4. The van der Waals surface area contributed by atoms with Crippen LogP contribution in [0.3, 0.4) is 0 Å². The molecule has 6 N–H and O–H groups in total. The van der Waals surface area contributed by atoms with Crippen molar-refractivity contribution in [1.29, 1.82) is 0 Å². The van der Waals surface area contributed by atoms with Crippen molar-refractivity contribution in [1.82, 2.24) is 19.9 Å². The smallest absolute Gasteiger partial charge is 0.493 e. The van der Waals surface area contributed by atoms with Crippen LogP contribution in [-0.4, -0.2) is 77.6 Å². The molecule has 0 bridgehead atoms. The lowest BCUT2D eigenvalue weighted by Crippen LogP contribution is -2.20. The molecule has 32 heteroatoms. The van der Waals surface area contributed by atoms with Crippen molar-refractivity contribution in [3.8, 4) is 51.7 Å². The van der Waals surface area contributed by atoms with E-state index in [2.05, 4.69) is 40.0 Å². The third-order valence-electron chi connectivity index (χ3n) is 8.90. The zero-order chi connectivity index (χ0) is 55.8. The lowest BCUT2D eigenvalue weighted by Gasteiger charge is -2.19. The molecule has 0 fully saturated rings. The standard InChI is InChI=1S/C22H16F6N4O6.C21H13F7N4O5/c1-35-14-7-11(38-22(26,27)28)4-6-13(14)37-15-9-31-18(21(23,24)25)17(36-2)16(15)20(34)32-10-3-5-12(19(29)33)30-8-10;1-35-13-6-10(37-21(26,27)28)3-5-12(13)36-14-8-31-17(20(23,24)25)16(22)15(14)19(34)32-9-2-4-11(18(29)33)30-7-9/h3-9H,1-2H3,(H2,29,33)(H,32,34);2-8H,1H3,(H2,29,33)(H,32,34). The van der Waals surface area contributed by atoms with Gasteiger partial charge in [0.25, 0.3) is 23.6 Å². The average Bonchev–Trinajstić information content (AvgIpc) is 3.31. The highest BCUT2D eigenvalue weighted by molar-refractivity contribution is 6.09. The van der Waals surface area contributed by atoms with Gasteiger partial charge in [-0.1, -0.05) is 0 Å². The molecule has 19 nitrogen and oxygen atoms in total. The minimum absolute atomic E-state index is 0.0374. The predicted octanol–water partition coefficient (Wildman–Crippen LogP) is 9.24. The highest BCUT2D eigenvalue weighted by Crippen LogP contribution is 2.44. The van der Waals surface area contributed by atoms with Gasteiger partial charge in [-0.05, 0) is 48.5 Å². The van der Waals surface area contributed by atoms with Crippen molar-refractivity contribution in [3.05, 3.63) is 125 Å². The van der Waals surface area contributed by atoms with Gasteiger partial charge in [0.1, 0.15) is 34.0 Å². The first-order chi connectivity index (χ1) is 34.9.